The van der Waals surface area contributed by atoms with E-state index in [0.717, 1.165) is 0 Å². The Morgan fingerprint density at radius 1 is 1.55 bits per heavy atom. The highest BCUT2D eigenvalue weighted by atomic mass is 32.2. The van der Waals surface area contributed by atoms with Gasteiger partial charge in [0.1, 0.15) is 0 Å². The molecule has 2 unspecified atom stereocenters. The van der Waals surface area contributed by atoms with E-state index in [1.165, 1.54) is 11.8 Å². The number of nitrogens with two attached hydrogens (primary N) is 2. The summed E-state index contributed by atoms with van der Waals surface area (Å²) in [6.07, 6.45) is -0.325. The van der Waals surface area contributed by atoms with Crippen molar-refractivity contribution in [3.05, 3.63) is 0 Å². The number of thioether (sulfide) groups is 1. The zero-order valence-corrected chi connectivity index (χ0v) is 7.64. The van der Waals surface area contributed by atoms with Crippen LogP contribution >= 0.6 is 11.8 Å². The molecule has 0 saturated heterocycles. The van der Waals surface area contributed by atoms with E-state index in [4.69, 9.17) is 16.6 Å². The second-order valence-corrected chi connectivity index (χ2v) is 3.66. The monoisotopic (exact) mass is 177 g/mol. The van der Waals surface area contributed by atoms with E-state index in [1.807, 2.05) is 6.92 Å². The fraction of sp³-hybridized carbons (Fsp3) is 0.833. The van der Waals surface area contributed by atoms with Crippen LogP contribution in [0.25, 0.3) is 0 Å². The number of aliphatic hydroxyl groups excluding tert-OH is 1. The zero-order valence-electron chi connectivity index (χ0n) is 6.82. The molecule has 5 heteroatoms. The maximum atomic E-state index is 9.05. The van der Waals surface area contributed by atoms with Gasteiger partial charge in [0.15, 0.2) is 5.96 Å². The lowest BCUT2D eigenvalue weighted by Gasteiger charge is -2.11. The normalized spacial score (nSPS) is 15.5. The summed E-state index contributed by atoms with van der Waals surface area (Å²) in [4.78, 5) is 3.77. The molecular formula is C6H15N3OS. The number of nitrogens with zero attached hydrogens (tertiary/aromatic N) is 1. The van der Waals surface area contributed by atoms with Crippen LogP contribution in [0.4, 0.5) is 0 Å². The van der Waals surface area contributed by atoms with Crippen LogP contribution in [-0.4, -0.2) is 28.3 Å². The quantitative estimate of drug-likeness (QED) is 0.407. The molecule has 0 heterocycles. The number of guanidine groups is 1. The molecule has 0 aromatic carbocycles. The second-order valence-electron chi connectivity index (χ2n) is 2.32. The Morgan fingerprint density at radius 2 is 2.09 bits per heavy atom. The third-order valence-corrected chi connectivity index (χ3v) is 2.46. The molecule has 0 fully saturated rings. The fourth-order valence-corrected chi connectivity index (χ4v) is 1.11. The maximum Gasteiger partial charge on any atom is 0.186 e. The van der Waals surface area contributed by atoms with Crippen molar-refractivity contribution in [2.24, 2.45) is 16.5 Å². The second kappa shape index (κ2) is 5.26. The van der Waals surface area contributed by atoms with Crippen LogP contribution in [0.15, 0.2) is 4.99 Å². The van der Waals surface area contributed by atoms with Gasteiger partial charge in [0.25, 0.3) is 0 Å². The predicted octanol–water partition coefficient (Wildman–Crippen LogP) is -0.280. The summed E-state index contributed by atoms with van der Waals surface area (Å²) < 4.78 is 0. The van der Waals surface area contributed by atoms with Gasteiger partial charge in [-0.15, -0.1) is 11.8 Å². The molecule has 2 atom stereocenters. The first-order chi connectivity index (χ1) is 5.04. The minimum Gasteiger partial charge on any atom is -0.392 e. The molecule has 0 aliphatic rings. The highest BCUT2D eigenvalue weighted by molar-refractivity contribution is 7.99. The van der Waals surface area contributed by atoms with Crippen LogP contribution in [0.5, 0.6) is 0 Å². The lowest BCUT2D eigenvalue weighted by molar-refractivity contribution is 0.196. The van der Waals surface area contributed by atoms with Crippen LogP contribution < -0.4 is 11.5 Å². The van der Waals surface area contributed by atoms with Crippen molar-refractivity contribution >= 4 is 17.7 Å². The number of rotatable bonds is 4. The lowest BCUT2D eigenvalue weighted by Crippen LogP contribution is -2.23. The van der Waals surface area contributed by atoms with E-state index in [0.29, 0.717) is 5.88 Å². The molecule has 0 aliphatic heterocycles. The summed E-state index contributed by atoms with van der Waals surface area (Å²) in [5.41, 5.74) is 10.2. The van der Waals surface area contributed by atoms with E-state index in [2.05, 4.69) is 4.99 Å². The first kappa shape index (κ1) is 10.6. The first-order valence-corrected chi connectivity index (χ1v) is 4.44. The fourth-order valence-electron chi connectivity index (χ4n) is 0.369. The summed E-state index contributed by atoms with van der Waals surface area (Å²) >= 11 is 1.52. The molecular weight excluding hydrogens is 162 g/mol. The highest BCUT2D eigenvalue weighted by Gasteiger charge is 2.07. The van der Waals surface area contributed by atoms with E-state index < -0.39 is 0 Å². The van der Waals surface area contributed by atoms with Gasteiger partial charge in [-0.1, -0.05) is 6.92 Å². The number of aliphatic imine (C=N–C) groups is 1. The molecule has 4 nitrogen and oxygen atoms in total. The number of hydrogen-bond acceptors (Lipinski definition) is 3. The van der Waals surface area contributed by atoms with Crippen LogP contribution in [-0.2, 0) is 0 Å². The Balaban J connectivity index is 3.47. The van der Waals surface area contributed by atoms with Crippen molar-refractivity contribution in [1.82, 2.24) is 0 Å². The molecule has 5 N–H and O–H groups in total. The largest absolute Gasteiger partial charge is 0.392 e. The van der Waals surface area contributed by atoms with E-state index in [9.17, 15) is 0 Å². The van der Waals surface area contributed by atoms with Crippen molar-refractivity contribution in [1.29, 1.82) is 0 Å². The Bertz CT molecular complexity index is 134. The molecule has 0 bridgehead atoms. The van der Waals surface area contributed by atoms with E-state index in [1.54, 1.807) is 6.92 Å². The van der Waals surface area contributed by atoms with Crippen molar-refractivity contribution in [3.8, 4) is 0 Å². The third kappa shape index (κ3) is 6.00. The smallest absolute Gasteiger partial charge is 0.186 e. The molecule has 66 valence electrons. The van der Waals surface area contributed by atoms with E-state index in [-0.39, 0.29) is 17.3 Å². The minimum absolute atomic E-state index is 0.0929. The molecule has 0 aliphatic carbocycles. The van der Waals surface area contributed by atoms with Gasteiger partial charge in [0.05, 0.1) is 12.0 Å². The summed E-state index contributed by atoms with van der Waals surface area (Å²) in [5.74, 6) is 0.601. The van der Waals surface area contributed by atoms with Crippen LogP contribution in [0.1, 0.15) is 13.8 Å². The SMILES string of the molecule is CC(O)C(C)SCN=C(N)N. The summed E-state index contributed by atoms with van der Waals surface area (Å²) in [7, 11) is 0. The molecule has 0 saturated carbocycles. The molecule has 0 spiro atoms. The van der Waals surface area contributed by atoms with Crippen LogP contribution in [0.3, 0.4) is 0 Å². The van der Waals surface area contributed by atoms with Gasteiger partial charge >= 0.3 is 0 Å². The summed E-state index contributed by atoms with van der Waals surface area (Å²) in [5, 5.41) is 9.22. The van der Waals surface area contributed by atoms with Crippen molar-refractivity contribution < 1.29 is 5.11 Å². The molecule has 0 amide bonds. The number of aliphatic hydroxyl groups is 1. The van der Waals surface area contributed by atoms with Crippen LogP contribution in [0.2, 0.25) is 0 Å². The van der Waals surface area contributed by atoms with Gasteiger partial charge in [0.2, 0.25) is 0 Å². The molecule has 11 heavy (non-hydrogen) atoms. The molecule has 0 rings (SSSR count). The van der Waals surface area contributed by atoms with E-state index >= 15 is 0 Å². The molecule has 0 aromatic heterocycles. The zero-order chi connectivity index (χ0) is 8.85. The Kier molecular flexibility index (Phi) is 5.06. The average Bonchev–Trinajstić information content (AvgIpc) is 1.86. The maximum absolute atomic E-state index is 9.05. The predicted molar refractivity (Wildman–Crippen MR) is 49.4 cm³/mol. The summed E-state index contributed by atoms with van der Waals surface area (Å²) in [6.45, 7) is 3.67. The van der Waals surface area contributed by atoms with Gasteiger partial charge < -0.3 is 16.6 Å². The van der Waals surface area contributed by atoms with Gasteiger partial charge in [-0.05, 0) is 6.92 Å². The van der Waals surface area contributed by atoms with Gasteiger partial charge in [-0.25, -0.2) is 4.99 Å². The average molecular weight is 177 g/mol. The topological polar surface area (TPSA) is 84.6 Å². The number of hydrogen-bond donors (Lipinski definition) is 3. The standard InChI is InChI=1S/C6H15N3OS/c1-4(10)5(2)11-3-9-6(7)8/h4-5,10H,3H2,1-2H3,(H4,7,8,9). The lowest BCUT2D eigenvalue weighted by atomic mass is 10.3. The van der Waals surface area contributed by atoms with Crippen molar-refractivity contribution in [3.63, 3.8) is 0 Å². The Hall–Kier alpha value is -0.420. The molecule has 0 radical (unpaired) electrons. The Labute approximate surface area is 71.1 Å². The van der Waals surface area contributed by atoms with Crippen molar-refractivity contribution in [2.45, 2.75) is 25.2 Å². The van der Waals surface area contributed by atoms with Gasteiger partial charge in [-0.2, -0.15) is 0 Å². The Morgan fingerprint density at radius 3 is 2.45 bits per heavy atom. The first-order valence-electron chi connectivity index (χ1n) is 3.39. The molecule has 0 aromatic rings. The van der Waals surface area contributed by atoms with Crippen molar-refractivity contribution in [2.75, 3.05) is 5.88 Å². The third-order valence-electron chi connectivity index (χ3n) is 1.26. The summed E-state index contributed by atoms with van der Waals surface area (Å²) in [6, 6.07) is 0. The minimum atomic E-state index is -0.325. The van der Waals surface area contributed by atoms with Gasteiger partial charge in [0, 0.05) is 5.25 Å². The van der Waals surface area contributed by atoms with Crippen LogP contribution in [0, 0.1) is 0 Å². The van der Waals surface area contributed by atoms with Gasteiger partial charge in [-0.3, -0.25) is 0 Å². The highest BCUT2D eigenvalue weighted by Crippen LogP contribution is 2.13.